The fraction of sp³-hybridized carbons (Fsp3) is 0.0857. The van der Waals surface area contributed by atoms with Gasteiger partial charge in [0.2, 0.25) is 0 Å². The quantitative estimate of drug-likeness (QED) is 0.231. The molecule has 7 rings (SSSR count). The summed E-state index contributed by atoms with van der Waals surface area (Å²) in [6.07, 6.45) is 9.06. The van der Waals surface area contributed by atoms with Crippen molar-refractivity contribution in [2.45, 2.75) is 12.0 Å². The van der Waals surface area contributed by atoms with Gasteiger partial charge < -0.3 is 9.52 Å². The second-order valence-electron chi connectivity index (χ2n) is 10.2. The summed E-state index contributed by atoms with van der Waals surface area (Å²) >= 11 is 0. The van der Waals surface area contributed by atoms with E-state index in [1.165, 1.54) is 6.07 Å². The number of rotatable bonds is 6. The van der Waals surface area contributed by atoms with Crippen molar-refractivity contribution < 1.29 is 18.7 Å². The Hall–Kier alpha value is -5.23. The van der Waals surface area contributed by atoms with Gasteiger partial charge in [-0.1, -0.05) is 103 Å². The molecule has 0 saturated carbocycles. The van der Waals surface area contributed by atoms with Crippen molar-refractivity contribution in [3.8, 4) is 11.5 Å². The maximum absolute atomic E-state index is 16.3. The third-order valence-corrected chi connectivity index (χ3v) is 7.95. The molecule has 6 aromatic rings. The Morgan fingerprint density at radius 3 is 2.22 bits per heavy atom. The van der Waals surface area contributed by atoms with E-state index >= 15 is 4.39 Å². The van der Waals surface area contributed by atoms with E-state index in [1.807, 2.05) is 83.6 Å². The van der Waals surface area contributed by atoms with Crippen LogP contribution < -0.4 is 0 Å². The number of furan rings is 1. The Morgan fingerprint density at radius 1 is 0.902 bits per heavy atom. The number of hydrogen-bond donors (Lipinski definition) is 1. The lowest BCUT2D eigenvalue weighted by molar-refractivity contribution is 0.0692. The van der Waals surface area contributed by atoms with Crippen LogP contribution in [0.25, 0.3) is 33.3 Å². The predicted molar refractivity (Wildman–Crippen MR) is 157 cm³/mol. The number of allylic oxidation sites excluding steroid dienone is 4. The number of benzene rings is 4. The molecular formula is C35H25FN2O3. The molecule has 6 heteroatoms. The molecule has 0 spiro atoms. The zero-order chi connectivity index (χ0) is 28.0. The predicted octanol–water partition coefficient (Wildman–Crippen LogP) is 8.21. The average Bonchev–Trinajstić information content (AvgIpc) is 3.62. The lowest BCUT2D eigenvalue weighted by Gasteiger charge is -2.42. The van der Waals surface area contributed by atoms with Gasteiger partial charge in [-0.2, -0.15) is 5.10 Å². The second-order valence-corrected chi connectivity index (χ2v) is 10.2. The molecule has 200 valence electrons. The number of aromatic nitrogens is 2. The normalized spacial score (nSPS) is 15.1. The van der Waals surface area contributed by atoms with E-state index in [1.54, 1.807) is 6.07 Å². The zero-order valence-corrected chi connectivity index (χ0v) is 21.9. The van der Waals surface area contributed by atoms with Crippen LogP contribution in [-0.4, -0.2) is 20.9 Å². The van der Waals surface area contributed by atoms with Gasteiger partial charge >= 0.3 is 5.97 Å². The van der Waals surface area contributed by atoms with Crippen LogP contribution in [0.5, 0.6) is 0 Å². The molecule has 4 aromatic carbocycles. The zero-order valence-electron chi connectivity index (χ0n) is 21.9. The first-order valence-corrected chi connectivity index (χ1v) is 13.5. The Bertz CT molecular complexity index is 1900. The fourth-order valence-electron chi connectivity index (χ4n) is 6.15. The van der Waals surface area contributed by atoms with Gasteiger partial charge in [0.15, 0.2) is 5.76 Å². The summed E-state index contributed by atoms with van der Waals surface area (Å²) in [5.41, 5.74) is 1.99. The molecule has 1 aliphatic carbocycles. The van der Waals surface area contributed by atoms with Gasteiger partial charge in [-0.25, -0.2) is 13.9 Å². The Balaban J connectivity index is 1.64. The lowest BCUT2D eigenvalue weighted by atomic mass is 9.70. The first-order valence-electron chi connectivity index (χ1n) is 13.5. The molecule has 0 aliphatic heterocycles. The molecule has 1 N–H and O–H groups in total. The molecule has 0 bridgehead atoms. The molecular weight excluding hydrogens is 515 g/mol. The summed E-state index contributed by atoms with van der Waals surface area (Å²) in [7, 11) is 0. The van der Waals surface area contributed by atoms with Crippen molar-refractivity contribution in [3.05, 3.63) is 150 Å². The summed E-state index contributed by atoms with van der Waals surface area (Å²) in [6.45, 7) is 0. The summed E-state index contributed by atoms with van der Waals surface area (Å²) in [4.78, 5) is 12.0. The fourth-order valence-corrected chi connectivity index (χ4v) is 6.15. The molecule has 0 saturated heterocycles. The maximum Gasteiger partial charge on any atom is 0.338 e. The molecule has 1 unspecified atom stereocenters. The van der Waals surface area contributed by atoms with E-state index in [2.05, 4.69) is 36.4 Å². The topological polar surface area (TPSA) is 68.3 Å². The number of carbonyl (C=O) groups is 1. The van der Waals surface area contributed by atoms with E-state index in [0.29, 0.717) is 16.9 Å². The Labute approximate surface area is 235 Å². The van der Waals surface area contributed by atoms with Crippen molar-refractivity contribution in [2.75, 3.05) is 0 Å². The Kier molecular flexibility index (Phi) is 5.89. The molecule has 2 heterocycles. The van der Waals surface area contributed by atoms with E-state index in [0.717, 1.165) is 22.9 Å². The minimum absolute atomic E-state index is 0.0915. The van der Waals surface area contributed by atoms with Crippen LogP contribution in [0.4, 0.5) is 4.39 Å². The second kappa shape index (κ2) is 9.75. The van der Waals surface area contributed by atoms with Gasteiger partial charge in [0.05, 0.1) is 16.5 Å². The van der Waals surface area contributed by atoms with E-state index < -0.39 is 22.9 Å². The van der Waals surface area contributed by atoms with Gasteiger partial charge in [-0.3, -0.25) is 0 Å². The maximum atomic E-state index is 16.3. The minimum Gasteiger partial charge on any atom is -0.478 e. The number of carboxylic acids is 1. The number of halogens is 1. The van der Waals surface area contributed by atoms with Crippen molar-refractivity contribution in [2.24, 2.45) is 5.92 Å². The third kappa shape index (κ3) is 3.83. The number of carboxylic acid groups (broad SMARTS) is 1. The average molecular weight is 541 g/mol. The molecule has 1 aliphatic rings. The number of fused-ring (bicyclic) bond motifs is 2. The van der Waals surface area contributed by atoms with Crippen LogP contribution in [0, 0.1) is 11.7 Å². The van der Waals surface area contributed by atoms with Crippen molar-refractivity contribution in [1.29, 1.82) is 0 Å². The van der Waals surface area contributed by atoms with Crippen LogP contribution >= 0.6 is 0 Å². The largest absolute Gasteiger partial charge is 0.478 e. The van der Waals surface area contributed by atoms with E-state index in [4.69, 9.17) is 9.52 Å². The molecule has 0 fully saturated rings. The summed E-state index contributed by atoms with van der Waals surface area (Å²) in [6, 6.07) is 32.5. The number of aromatic carboxylic acids is 1. The highest BCUT2D eigenvalue weighted by Gasteiger charge is 2.45. The van der Waals surface area contributed by atoms with Gasteiger partial charge in [-0.15, -0.1) is 0 Å². The summed E-state index contributed by atoms with van der Waals surface area (Å²) < 4.78 is 24.3. The number of para-hydroxylation sites is 1. The van der Waals surface area contributed by atoms with Crippen LogP contribution in [0.15, 0.2) is 132 Å². The molecule has 0 amide bonds. The highest BCUT2D eigenvalue weighted by molar-refractivity contribution is 6.00. The van der Waals surface area contributed by atoms with Gasteiger partial charge in [-0.05, 0) is 41.8 Å². The van der Waals surface area contributed by atoms with Crippen molar-refractivity contribution in [3.63, 3.8) is 0 Å². The highest BCUT2D eigenvalue weighted by Crippen LogP contribution is 2.47. The van der Waals surface area contributed by atoms with Crippen molar-refractivity contribution >= 4 is 27.8 Å². The summed E-state index contributed by atoms with van der Waals surface area (Å²) in [5.74, 6) is -1.91. The molecule has 0 radical (unpaired) electrons. The molecule has 5 nitrogen and oxygen atoms in total. The van der Waals surface area contributed by atoms with E-state index in [-0.39, 0.29) is 17.0 Å². The number of hydrogen-bond acceptors (Lipinski definition) is 3. The minimum atomic E-state index is -1.34. The van der Waals surface area contributed by atoms with Gasteiger partial charge in [0.25, 0.3) is 0 Å². The molecule has 41 heavy (non-hydrogen) atoms. The van der Waals surface area contributed by atoms with Crippen LogP contribution in [0.3, 0.4) is 0 Å². The van der Waals surface area contributed by atoms with Crippen molar-refractivity contribution in [1.82, 2.24) is 9.78 Å². The molecule has 2 aromatic heterocycles. The van der Waals surface area contributed by atoms with Gasteiger partial charge in [0.1, 0.15) is 22.6 Å². The Morgan fingerprint density at radius 2 is 1.59 bits per heavy atom. The smallest absolute Gasteiger partial charge is 0.338 e. The lowest BCUT2D eigenvalue weighted by Crippen LogP contribution is -2.44. The van der Waals surface area contributed by atoms with Crippen LogP contribution in [-0.2, 0) is 5.54 Å². The third-order valence-electron chi connectivity index (χ3n) is 7.95. The number of nitrogens with zero attached hydrogens (tertiary/aromatic N) is 2. The van der Waals surface area contributed by atoms with Gasteiger partial charge in [0, 0.05) is 11.3 Å². The first-order chi connectivity index (χ1) is 20.1. The summed E-state index contributed by atoms with van der Waals surface area (Å²) in [5, 5.41) is 15.9. The van der Waals surface area contributed by atoms with Crippen LogP contribution in [0.2, 0.25) is 0 Å². The SMILES string of the molecule is O=C(O)c1ccc2c(c(-c3cc4ccccc4o3)nn2C(c2ccccc2)(c2ccccc2)C2C=CC=CC2)c1F. The first kappa shape index (κ1) is 24.8. The van der Waals surface area contributed by atoms with Crippen LogP contribution in [0.1, 0.15) is 27.9 Å². The highest BCUT2D eigenvalue weighted by atomic mass is 19.1. The monoisotopic (exact) mass is 540 g/mol. The van der Waals surface area contributed by atoms with E-state index in [9.17, 15) is 9.90 Å². The molecule has 1 atom stereocenters. The standard InChI is InChI=1S/C35H25FN2O3/c36-32-27(34(39)40)20-21-28-31(32)33(30-22-23-12-10-11-19-29(23)41-30)37-38(28)35(24-13-4-1-5-14-24,25-15-6-2-7-16-25)26-17-8-3-9-18-26/h1-17,19-22,26H,18H2,(H,39,40).